The Balaban J connectivity index is 1.26. The second kappa shape index (κ2) is 13.0. The number of carbonyl (C=O) groups is 2. The lowest BCUT2D eigenvalue weighted by atomic mass is 10.2. The number of rotatable bonds is 10. The van der Waals surface area contributed by atoms with Gasteiger partial charge in [0.2, 0.25) is 0 Å². The minimum Gasteiger partial charge on any atom is -0.481 e. The smallest absolute Gasteiger partial charge is 0.265 e. The number of amides is 2. The second-order valence-corrected chi connectivity index (χ2v) is 9.44. The number of ether oxygens (including phenoxy) is 3. The summed E-state index contributed by atoms with van der Waals surface area (Å²) < 4.78 is 17.2. The van der Waals surface area contributed by atoms with Crippen molar-refractivity contribution in [1.29, 1.82) is 0 Å². The second-order valence-electron chi connectivity index (χ2n) is 8.56. The summed E-state index contributed by atoms with van der Waals surface area (Å²) in [6, 6.07) is 27.6. The van der Waals surface area contributed by atoms with Crippen molar-refractivity contribution >= 4 is 46.4 Å². The van der Waals surface area contributed by atoms with Crippen molar-refractivity contribution < 1.29 is 23.8 Å². The molecule has 4 aromatic carbocycles. The molecule has 0 saturated carbocycles. The molecular formula is C30H26Cl2N2O5. The third-order valence-electron chi connectivity index (χ3n) is 5.44. The van der Waals surface area contributed by atoms with E-state index in [1.165, 1.54) is 0 Å². The fourth-order valence-electron chi connectivity index (χ4n) is 3.43. The fourth-order valence-corrected chi connectivity index (χ4v) is 3.79. The number of benzene rings is 4. The number of hydrogen-bond acceptors (Lipinski definition) is 5. The van der Waals surface area contributed by atoms with Crippen LogP contribution in [0.1, 0.15) is 13.8 Å². The lowest BCUT2D eigenvalue weighted by Gasteiger charge is -2.15. The molecule has 2 atom stereocenters. The van der Waals surface area contributed by atoms with Crippen molar-refractivity contribution in [2.75, 3.05) is 10.6 Å². The first kappa shape index (κ1) is 27.8. The van der Waals surface area contributed by atoms with Crippen LogP contribution >= 0.6 is 23.2 Å². The highest BCUT2D eigenvalue weighted by molar-refractivity contribution is 6.31. The molecule has 0 fully saturated rings. The van der Waals surface area contributed by atoms with E-state index >= 15 is 0 Å². The third kappa shape index (κ3) is 8.40. The summed E-state index contributed by atoms with van der Waals surface area (Å²) in [6.07, 6.45) is -1.44. The maximum absolute atomic E-state index is 12.5. The van der Waals surface area contributed by atoms with Crippen LogP contribution in [0.25, 0.3) is 0 Å². The molecule has 0 aliphatic rings. The van der Waals surface area contributed by atoms with Crippen LogP contribution in [-0.2, 0) is 9.59 Å². The maximum atomic E-state index is 12.5. The van der Waals surface area contributed by atoms with E-state index < -0.39 is 12.2 Å². The van der Waals surface area contributed by atoms with Crippen molar-refractivity contribution in [3.63, 3.8) is 0 Å². The van der Waals surface area contributed by atoms with Crippen LogP contribution in [0, 0.1) is 0 Å². The van der Waals surface area contributed by atoms with Gasteiger partial charge >= 0.3 is 0 Å². The highest BCUT2D eigenvalue weighted by Gasteiger charge is 2.16. The van der Waals surface area contributed by atoms with Gasteiger partial charge in [-0.15, -0.1) is 0 Å². The van der Waals surface area contributed by atoms with Crippen LogP contribution in [0.4, 0.5) is 11.4 Å². The lowest BCUT2D eigenvalue weighted by Crippen LogP contribution is -2.30. The Hall–Kier alpha value is -4.20. The first-order valence-corrected chi connectivity index (χ1v) is 12.8. The molecule has 4 aromatic rings. The molecule has 0 unspecified atom stereocenters. The minimum atomic E-state index is -0.718. The number of carbonyl (C=O) groups excluding carboxylic acids is 2. The Bertz CT molecular complexity index is 1320. The Morgan fingerprint density at radius 2 is 0.974 bits per heavy atom. The van der Waals surface area contributed by atoms with E-state index in [0.717, 1.165) is 0 Å². The molecule has 0 aliphatic heterocycles. The summed E-state index contributed by atoms with van der Waals surface area (Å²) in [6.45, 7) is 3.32. The van der Waals surface area contributed by atoms with Crippen LogP contribution in [0.3, 0.4) is 0 Å². The summed E-state index contributed by atoms with van der Waals surface area (Å²) >= 11 is 11.9. The zero-order chi connectivity index (χ0) is 27.8. The topological polar surface area (TPSA) is 85.9 Å². The first-order chi connectivity index (χ1) is 18.7. The van der Waals surface area contributed by atoms with Crippen molar-refractivity contribution in [3.05, 3.63) is 107 Å². The zero-order valence-electron chi connectivity index (χ0n) is 21.2. The molecule has 0 aromatic heterocycles. The van der Waals surface area contributed by atoms with Gasteiger partial charge in [-0.1, -0.05) is 35.3 Å². The average molecular weight is 565 g/mol. The Labute approximate surface area is 236 Å². The zero-order valence-corrected chi connectivity index (χ0v) is 22.7. The Morgan fingerprint density at radius 1 is 0.590 bits per heavy atom. The Morgan fingerprint density at radius 3 is 1.33 bits per heavy atom. The van der Waals surface area contributed by atoms with Gasteiger partial charge in [0, 0.05) is 21.4 Å². The lowest BCUT2D eigenvalue weighted by molar-refractivity contribution is -0.122. The van der Waals surface area contributed by atoms with E-state index in [4.69, 9.17) is 37.4 Å². The predicted molar refractivity (Wildman–Crippen MR) is 153 cm³/mol. The minimum absolute atomic E-state index is 0.298. The van der Waals surface area contributed by atoms with Gasteiger partial charge in [-0.3, -0.25) is 9.59 Å². The summed E-state index contributed by atoms with van der Waals surface area (Å²) in [5.41, 5.74) is 1.20. The largest absolute Gasteiger partial charge is 0.481 e. The molecule has 7 nitrogen and oxygen atoms in total. The van der Waals surface area contributed by atoms with Gasteiger partial charge in [0.1, 0.15) is 23.0 Å². The Kier molecular flexibility index (Phi) is 9.31. The summed E-state index contributed by atoms with van der Waals surface area (Å²) in [4.78, 5) is 25.0. The van der Waals surface area contributed by atoms with Gasteiger partial charge in [-0.05, 0) is 98.8 Å². The standard InChI is InChI=1S/C30H26Cl2N2O5/c1-19(37-27-7-3-5-21(31)17-27)29(35)33-23-9-13-25(14-10-23)39-26-15-11-24(12-16-26)34-30(36)20(2)38-28-8-4-6-22(32)18-28/h3-20H,1-2H3,(H,33,35)(H,34,36)/t19-,20-/m1/s1. The molecule has 9 heteroatoms. The third-order valence-corrected chi connectivity index (χ3v) is 5.91. The van der Waals surface area contributed by atoms with Crippen LogP contribution < -0.4 is 24.8 Å². The van der Waals surface area contributed by atoms with E-state index in [1.807, 2.05) is 0 Å². The van der Waals surface area contributed by atoms with Gasteiger partial charge in [0.25, 0.3) is 11.8 Å². The number of hydrogen-bond donors (Lipinski definition) is 2. The molecule has 39 heavy (non-hydrogen) atoms. The van der Waals surface area contributed by atoms with Gasteiger partial charge in [-0.25, -0.2) is 0 Å². The van der Waals surface area contributed by atoms with E-state index in [0.29, 0.717) is 44.4 Å². The van der Waals surface area contributed by atoms with Crippen molar-refractivity contribution in [2.45, 2.75) is 26.1 Å². The quantitative estimate of drug-likeness (QED) is 0.207. The van der Waals surface area contributed by atoms with Gasteiger partial charge < -0.3 is 24.8 Å². The molecule has 0 heterocycles. The molecule has 0 radical (unpaired) electrons. The van der Waals surface area contributed by atoms with Crippen molar-refractivity contribution in [2.24, 2.45) is 0 Å². The molecule has 4 rings (SSSR count). The molecule has 200 valence electrons. The van der Waals surface area contributed by atoms with Crippen LogP contribution in [-0.4, -0.2) is 24.0 Å². The first-order valence-electron chi connectivity index (χ1n) is 12.1. The van der Waals surface area contributed by atoms with E-state index in [9.17, 15) is 9.59 Å². The van der Waals surface area contributed by atoms with E-state index in [-0.39, 0.29) is 11.8 Å². The maximum Gasteiger partial charge on any atom is 0.265 e. The highest BCUT2D eigenvalue weighted by Crippen LogP contribution is 2.25. The number of nitrogens with one attached hydrogen (secondary N) is 2. The van der Waals surface area contributed by atoms with Crippen molar-refractivity contribution in [3.8, 4) is 23.0 Å². The molecule has 2 amide bonds. The van der Waals surface area contributed by atoms with Crippen LogP contribution in [0.2, 0.25) is 10.0 Å². The summed E-state index contributed by atoms with van der Waals surface area (Å²) in [5, 5.41) is 6.68. The SMILES string of the molecule is C[C@@H](Oc1cccc(Cl)c1)C(=O)Nc1ccc(Oc2ccc(NC(=O)[C@@H](C)Oc3cccc(Cl)c3)cc2)cc1. The van der Waals surface area contributed by atoms with E-state index in [1.54, 1.807) is 111 Å². The summed E-state index contributed by atoms with van der Waals surface area (Å²) in [7, 11) is 0. The predicted octanol–water partition coefficient (Wildman–Crippen LogP) is 7.60. The van der Waals surface area contributed by atoms with Gasteiger partial charge in [0.05, 0.1) is 0 Å². The average Bonchev–Trinajstić information content (AvgIpc) is 2.91. The molecular weight excluding hydrogens is 539 g/mol. The molecule has 0 spiro atoms. The fraction of sp³-hybridized carbons (Fsp3) is 0.133. The van der Waals surface area contributed by atoms with Crippen LogP contribution in [0.15, 0.2) is 97.1 Å². The van der Waals surface area contributed by atoms with Gasteiger partial charge in [0.15, 0.2) is 12.2 Å². The highest BCUT2D eigenvalue weighted by atomic mass is 35.5. The monoisotopic (exact) mass is 564 g/mol. The summed E-state index contributed by atoms with van der Waals surface area (Å²) in [5.74, 6) is 1.59. The number of halogens is 2. The molecule has 0 saturated heterocycles. The molecule has 0 bridgehead atoms. The van der Waals surface area contributed by atoms with Gasteiger partial charge in [-0.2, -0.15) is 0 Å². The van der Waals surface area contributed by atoms with Crippen LogP contribution in [0.5, 0.6) is 23.0 Å². The number of anilines is 2. The normalized spacial score (nSPS) is 12.1. The molecule has 2 N–H and O–H groups in total. The molecule has 0 aliphatic carbocycles. The van der Waals surface area contributed by atoms with Crippen molar-refractivity contribution in [1.82, 2.24) is 0 Å². The van der Waals surface area contributed by atoms with E-state index in [2.05, 4.69) is 10.6 Å².